The lowest BCUT2D eigenvalue weighted by Crippen LogP contribution is -2.32. The average molecular weight is 275 g/mol. The summed E-state index contributed by atoms with van der Waals surface area (Å²) >= 11 is 3.08. The summed E-state index contributed by atoms with van der Waals surface area (Å²) in [5.41, 5.74) is 1.80. The van der Waals surface area contributed by atoms with Gasteiger partial charge in [0.2, 0.25) is 5.91 Å². The highest BCUT2D eigenvalue weighted by atomic mass is 79.9. The quantitative estimate of drug-likeness (QED) is 0.450. The van der Waals surface area contributed by atoms with Crippen molar-refractivity contribution >= 4 is 21.8 Å². The first-order chi connectivity index (χ1) is 7.06. The van der Waals surface area contributed by atoms with E-state index in [1.165, 1.54) is 10.8 Å². The second-order valence-electron chi connectivity index (χ2n) is 2.93. The fourth-order valence-electron chi connectivity index (χ4n) is 1.10. The molecule has 0 radical (unpaired) electrons. The molecule has 0 saturated heterocycles. The third-order valence-corrected chi connectivity index (χ3v) is 2.47. The highest BCUT2D eigenvalue weighted by molar-refractivity contribution is 9.10. The first-order valence-electron chi connectivity index (χ1n) is 4.27. The molecule has 3 N–H and O–H groups in total. The van der Waals surface area contributed by atoms with Crippen molar-refractivity contribution in [1.29, 1.82) is 0 Å². The van der Waals surface area contributed by atoms with Gasteiger partial charge in [-0.25, -0.2) is 10.8 Å². The minimum Gasteiger partial charge on any atom is -0.295 e. The highest BCUT2D eigenvalue weighted by Crippen LogP contribution is 2.01. The molecule has 1 amide bonds. The Kier molecular flexibility index (Phi) is 3.98. The molecule has 0 aliphatic heterocycles. The lowest BCUT2D eigenvalue weighted by atomic mass is 10.4. The Balaban J connectivity index is 2.90. The maximum Gasteiger partial charge on any atom is 0.267 e. The minimum atomic E-state index is -0.318. The van der Waals surface area contributed by atoms with Crippen LogP contribution in [0, 0.1) is 6.92 Å². The standard InChI is InChI=1S/C8H11BrN4O2/c1-5-11-4-6(9)8(15)13(5)3-2-7(14)12-10/h4H,2-3,10H2,1H3,(H,12,14). The zero-order valence-electron chi connectivity index (χ0n) is 8.16. The van der Waals surface area contributed by atoms with Crippen LogP contribution in [0.1, 0.15) is 12.2 Å². The molecule has 1 aromatic heterocycles. The number of carbonyl (C=O) groups excluding carboxylic acids is 1. The van der Waals surface area contributed by atoms with E-state index in [4.69, 9.17) is 5.84 Å². The molecule has 0 aromatic carbocycles. The first kappa shape index (κ1) is 11.9. The van der Waals surface area contributed by atoms with Gasteiger partial charge >= 0.3 is 0 Å². The van der Waals surface area contributed by atoms with Gasteiger partial charge in [-0.1, -0.05) is 0 Å². The molecule has 1 heterocycles. The van der Waals surface area contributed by atoms with Gasteiger partial charge in [0.15, 0.2) is 0 Å². The second kappa shape index (κ2) is 5.04. The number of amides is 1. The lowest BCUT2D eigenvalue weighted by Gasteiger charge is -2.08. The van der Waals surface area contributed by atoms with Crippen LogP contribution in [0.15, 0.2) is 15.5 Å². The number of halogens is 1. The molecule has 0 aliphatic rings. The highest BCUT2D eigenvalue weighted by Gasteiger charge is 2.06. The average Bonchev–Trinajstić information content (AvgIpc) is 2.23. The Morgan fingerprint density at radius 1 is 1.73 bits per heavy atom. The molecule has 6 nitrogen and oxygen atoms in total. The number of hydrogen-bond donors (Lipinski definition) is 2. The molecule has 0 unspecified atom stereocenters. The molecule has 7 heteroatoms. The largest absolute Gasteiger partial charge is 0.295 e. The maximum atomic E-state index is 11.6. The summed E-state index contributed by atoms with van der Waals surface area (Å²) in [6.07, 6.45) is 1.59. The van der Waals surface area contributed by atoms with E-state index >= 15 is 0 Å². The molecule has 15 heavy (non-hydrogen) atoms. The Bertz CT molecular complexity index is 429. The van der Waals surface area contributed by atoms with Crippen molar-refractivity contribution in [2.45, 2.75) is 19.9 Å². The molecule has 0 bridgehead atoms. The molecule has 0 spiro atoms. The van der Waals surface area contributed by atoms with Gasteiger partial charge in [-0.3, -0.25) is 19.6 Å². The molecule has 0 aliphatic carbocycles. The summed E-state index contributed by atoms with van der Waals surface area (Å²) in [4.78, 5) is 26.5. The lowest BCUT2D eigenvalue weighted by molar-refractivity contribution is -0.121. The predicted octanol–water partition coefficient (Wildman–Crippen LogP) is -0.306. The van der Waals surface area contributed by atoms with Crippen LogP contribution in [0.5, 0.6) is 0 Å². The number of aromatic nitrogens is 2. The third-order valence-electron chi connectivity index (χ3n) is 1.93. The van der Waals surface area contributed by atoms with E-state index in [2.05, 4.69) is 20.9 Å². The van der Waals surface area contributed by atoms with Crippen LogP contribution in [0.2, 0.25) is 0 Å². The zero-order valence-corrected chi connectivity index (χ0v) is 9.74. The SMILES string of the molecule is Cc1ncc(Br)c(=O)n1CCC(=O)NN. The Morgan fingerprint density at radius 3 is 3.00 bits per heavy atom. The summed E-state index contributed by atoms with van der Waals surface area (Å²) in [6, 6.07) is 0. The topological polar surface area (TPSA) is 90.0 Å². The number of carbonyl (C=O) groups is 1. The summed E-state index contributed by atoms with van der Waals surface area (Å²) in [5, 5.41) is 0. The number of rotatable bonds is 3. The van der Waals surface area contributed by atoms with Crippen molar-refractivity contribution in [1.82, 2.24) is 15.0 Å². The summed E-state index contributed by atoms with van der Waals surface area (Å²) in [5.74, 6) is 5.18. The van der Waals surface area contributed by atoms with Gasteiger partial charge in [0.1, 0.15) is 10.3 Å². The van der Waals surface area contributed by atoms with Crippen LogP contribution >= 0.6 is 15.9 Å². The smallest absolute Gasteiger partial charge is 0.267 e. The van der Waals surface area contributed by atoms with E-state index < -0.39 is 0 Å². The summed E-state index contributed by atoms with van der Waals surface area (Å²) < 4.78 is 1.79. The first-order valence-corrected chi connectivity index (χ1v) is 5.07. The maximum absolute atomic E-state index is 11.6. The van der Waals surface area contributed by atoms with Crippen molar-refractivity contribution in [2.24, 2.45) is 5.84 Å². The van der Waals surface area contributed by atoms with Gasteiger partial charge in [0.25, 0.3) is 5.56 Å². The van der Waals surface area contributed by atoms with E-state index in [-0.39, 0.29) is 24.4 Å². The number of hydrogen-bond acceptors (Lipinski definition) is 4. The van der Waals surface area contributed by atoms with Gasteiger partial charge in [-0.15, -0.1) is 0 Å². The minimum absolute atomic E-state index is 0.148. The monoisotopic (exact) mass is 274 g/mol. The van der Waals surface area contributed by atoms with E-state index in [0.717, 1.165) is 0 Å². The zero-order chi connectivity index (χ0) is 11.4. The van der Waals surface area contributed by atoms with Gasteiger partial charge in [0.05, 0.1) is 0 Å². The van der Waals surface area contributed by atoms with Gasteiger partial charge in [-0.05, 0) is 22.9 Å². The van der Waals surface area contributed by atoms with Crippen LogP contribution in [-0.4, -0.2) is 15.5 Å². The van der Waals surface area contributed by atoms with Crippen molar-refractivity contribution < 1.29 is 4.79 Å². The van der Waals surface area contributed by atoms with Crippen molar-refractivity contribution in [3.63, 3.8) is 0 Å². The van der Waals surface area contributed by atoms with Crippen molar-refractivity contribution in [2.75, 3.05) is 0 Å². The van der Waals surface area contributed by atoms with E-state index in [1.54, 1.807) is 6.92 Å². The van der Waals surface area contributed by atoms with Gasteiger partial charge in [-0.2, -0.15) is 0 Å². The Morgan fingerprint density at radius 2 is 2.40 bits per heavy atom. The van der Waals surface area contributed by atoms with Crippen LogP contribution in [-0.2, 0) is 11.3 Å². The number of hydrazine groups is 1. The molecule has 0 atom stereocenters. The fourth-order valence-corrected chi connectivity index (χ4v) is 1.42. The van der Waals surface area contributed by atoms with Crippen LogP contribution in [0.25, 0.3) is 0 Å². The van der Waals surface area contributed by atoms with E-state index in [1.807, 2.05) is 5.43 Å². The van der Waals surface area contributed by atoms with Crippen molar-refractivity contribution in [3.8, 4) is 0 Å². The number of nitrogens with one attached hydrogen (secondary N) is 1. The molecule has 0 saturated carbocycles. The van der Waals surface area contributed by atoms with Crippen LogP contribution < -0.4 is 16.8 Å². The predicted molar refractivity (Wildman–Crippen MR) is 57.9 cm³/mol. The van der Waals surface area contributed by atoms with Gasteiger partial charge in [0, 0.05) is 19.2 Å². The van der Waals surface area contributed by atoms with E-state index in [9.17, 15) is 9.59 Å². The molecular formula is C8H11BrN4O2. The normalized spacial score (nSPS) is 10.1. The summed E-state index contributed by atoms with van der Waals surface area (Å²) in [7, 11) is 0. The summed E-state index contributed by atoms with van der Waals surface area (Å²) in [6.45, 7) is 1.97. The molecule has 1 rings (SSSR count). The number of aryl methyl sites for hydroxylation is 1. The Hall–Kier alpha value is -1.21. The fraction of sp³-hybridized carbons (Fsp3) is 0.375. The van der Waals surface area contributed by atoms with Gasteiger partial charge < -0.3 is 0 Å². The number of nitrogens with two attached hydrogens (primary N) is 1. The molecule has 82 valence electrons. The molecule has 0 fully saturated rings. The Labute approximate surface area is 94.6 Å². The molecule has 1 aromatic rings. The van der Waals surface area contributed by atoms with E-state index in [0.29, 0.717) is 10.3 Å². The van der Waals surface area contributed by atoms with Crippen LogP contribution in [0.3, 0.4) is 0 Å². The second-order valence-corrected chi connectivity index (χ2v) is 3.78. The molecular weight excluding hydrogens is 264 g/mol. The number of nitrogens with zero attached hydrogens (tertiary/aromatic N) is 2. The third kappa shape index (κ3) is 2.87. The van der Waals surface area contributed by atoms with Crippen molar-refractivity contribution in [3.05, 3.63) is 26.8 Å². The van der Waals surface area contributed by atoms with Crippen LogP contribution in [0.4, 0.5) is 0 Å².